The number of ether oxygens (including phenoxy) is 1. The third-order valence-corrected chi connectivity index (χ3v) is 3.77. The van der Waals surface area contributed by atoms with Crippen LogP contribution in [0.3, 0.4) is 0 Å². The summed E-state index contributed by atoms with van der Waals surface area (Å²) in [6.07, 6.45) is 0.182. The number of halogens is 1. The van der Waals surface area contributed by atoms with Gasteiger partial charge in [0.1, 0.15) is 0 Å². The van der Waals surface area contributed by atoms with E-state index in [0.29, 0.717) is 16.4 Å². The van der Waals surface area contributed by atoms with Gasteiger partial charge in [-0.15, -0.1) is 0 Å². The van der Waals surface area contributed by atoms with Crippen LogP contribution in [0.4, 0.5) is 21.0 Å². The van der Waals surface area contributed by atoms with Gasteiger partial charge >= 0.3 is 12.1 Å². The van der Waals surface area contributed by atoms with Crippen molar-refractivity contribution < 1.29 is 14.3 Å². The van der Waals surface area contributed by atoms with Gasteiger partial charge in [0, 0.05) is 16.4 Å². The average molecular weight is 362 g/mol. The van der Waals surface area contributed by atoms with Crippen molar-refractivity contribution >= 4 is 35.1 Å². The summed E-state index contributed by atoms with van der Waals surface area (Å²) in [6, 6.07) is 13.7. The summed E-state index contributed by atoms with van der Waals surface area (Å²) in [5.74, 6) is 0. The van der Waals surface area contributed by atoms with Gasteiger partial charge in [0.05, 0.1) is 13.2 Å². The molecule has 0 aliphatic carbocycles. The quantitative estimate of drug-likeness (QED) is 0.716. The second kappa shape index (κ2) is 8.94. The summed E-state index contributed by atoms with van der Waals surface area (Å²) in [6.45, 7) is 1.99. The molecule has 0 heterocycles. The molecule has 0 fully saturated rings. The normalized spacial score (nSPS) is 11.3. The van der Waals surface area contributed by atoms with Crippen LogP contribution >= 0.6 is 11.6 Å². The van der Waals surface area contributed by atoms with E-state index in [1.54, 1.807) is 30.3 Å². The molecule has 3 N–H and O–H groups in total. The van der Waals surface area contributed by atoms with Gasteiger partial charge in [0.25, 0.3) is 0 Å². The van der Waals surface area contributed by atoms with E-state index in [9.17, 15) is 9.59 Å². The summed E-state index contributed by atoms with van der Waals surface area (Å²) >= 11 is 6.01. The highest BCUT2D eigenvalue weighted by atomic mass is 35.5. The molecule has 0 radical (unpaired) electrons. The van der Waals surface area contributed by atoms with Crippen molar-refractivity contribution in [1.29, 1.82) is 0 Å². The Bertz CT molecular complexity index is 735. The number of methoxy groups -OCH3 is 1. The smallest absolute Gasteiger partial charge is 0.411 e. The van der Waals surface area contributed by atoms with Crippen molar-refractivity contribution in [2.24, 2.45) is 0 Å². The van der Waals surface area contributed by atoms with E-state index in [2.05, 4.69) is 20.7 Å². The number of carbonyl (C=O) groups is 2. The first kappa shape index (κ1) is 18.6. The third-order valence-electron chi connectivity index (χ3n) is 3.54. The largest absolute Gasteiger partial charge is 0.453 e. The van der Waals surface area contributed by atoms with Crippen molar-refractivity contribution in [2.75, 3.05) is 17.7 Å². The maximum Gasteiger partial charge on any atom is 0.411 e. The molecule has 0 spiro atoms. The fourth-order valence-electron chi connectivity index (χ4n) is 2.28. The van der Waals surface area contributed by atoms with E-state index in [-0.39, 0.29) is 12.1 Å². The van der Waals surface area contributed by atoms with Crippen molar-refractivity contribution in [3.8, 4) is 0 Å². The van der Waals surface area contributed by atoms with E-state index in [4.69, 9.17) is 11.6 Å². The summed E-state index contributed by atoms with van der Waals surface area (Å²) < 4.78 is 4.52. The molecule has 0 bridgehead atoms. The molecule has 1 unspecified atom stereocenters. The van der Waals surface area contributed by atoms with Crippen molar-refractivity contribution in [3.63, 3.8) is 0 Å². The minimum absolute atomic E-state index is 0.140. The molecule has 0 aliphatic rings. The van der Waals surface area contributed by atoms with Crippen LogP contribution in [0, 0.1) is 0 Å². The zero-order valence-electron chi connectivity index (χ0n) is 14.0. The molecule has 0 aromatic heterocycles. The first-order valence-electron chi connectivity index (χ1n) is 7.80. The Hall–Kier alpha value is -2.73. The van der Waals surface area contributed by atoms with Crippen LogP contribution in [0.1, 0.15) is 24.9 Å². The highest BCUT2D eigenvalue weighted by Crippen LogP contribution is 2.21. The van der Waals surface area contributed by atoms with E-state index in [1.807, 2.05) is 25.1 Å². The van der Waals surface area contributed by atoms with E-state index in [1.165, 1.54) is 7.11 Å². The number of benzene rings is 2. The maximum atomic E-state index is 12.2. The Morgan fingerprint density at radius 2 is 1.72 bits per heavy atom. The number of nitrogens with one attached hydrogen (secondary N) is 3. The molecule has 1 atom stereocenters. The summed E-state index contributed by atoms with van der Waals surface area (Å²) in [7, 11) is 1.29. The number of urea groups is 1. The zero-order valence-corrected chi connectivity index (χ0v) is 14.8. The lowest BCUT2D eigenvalue weighted by atomic mass is 10.1. The molecule has 2 aromatic carbocycles. The lowest BCUT2D eigenvalue weighted by Gasteiger charge is -2.18. The lowest BCUT2D eigenvalue weighted by molar-refractivity contribution is 0.187. The molecular weight excluding hydrogens is 342 g/mol. The summed E-state index contributed by atoms with van der Waals surface area (Å²) in [4.78, 5) is 23.3. The van der Waals surface area contributed by atoms with E-state index < -0.39 is 6.09 Å². The SMILES string of the molecule is CCC(NC(=O)Nc1ccc(NC(=O)OC)cc1)c1cccc(Cl)c1. The molecule has 0 saturated carbocycles. The van der Waals surface area contributed by atoms with Gasteiger partial charge in [-0.3, -0.25) is 5.32 Å². The molecular formula is C18H20ClN3O3. The van der Waals surface area contributed by atoms with Crippen molar-refractivity contribution in [3.05, 3.63) is 59.1 Å². The van der Waals surface area contributed by atoms with Gasteiger partial charge in [-0.1, -0.05) is 30.7 Å². The minimum Gasteiger partial charge on any atom is -0.453 e. The second-order valence-corrected chi connectivity index (χ2v) is 5.74. The van der Waals surface area contributed by atoms with Crippen LogP contribution in [0.25, 0.3) is 0 Å². The van der Waals surface area contributed by atoms with Gasteiger partial charge in [-0.25, -0.2) is 9.59 Å². The Balaban J connectivity index is 1.95. The molecule has 2 rings (SSSR count). The zero-order chi connectivity index (χ0) is 18.2. The molecule has 3 amide bonds. The first-order valence-corrected chi connectivity index (χ1v) is 8.17. The third kappa shape index (κ3) is 5.69. The number of carbonyl (C=O) groups excluding carboxylic acids is 2. The topological polar surface area (TPSA) is 79.5 Å². The van der Waals surface area contributed by atoms with Gasteiger partial charge in [-0.2, -0.15) is 0 Å². The van der Waals surface area contributed by atoms with Crippen LogP contribution < -0.4 is 16.0 Å². The van der Waals surface area contributed by atoms with Crippen LogP contribution in [-0.4, -0.2) is 19.2 Å². The molecule has 0 saturated heterocycles. The Labute approximate surface area is 151 Å². The number of rotatable bonds is 5. The van der Waals surface area contributed by atoms with E-state index in [0.717, 1.165) is 12.0 Å². The highest BCUT2D eigenvalue weighted by Gasteiger charge is 2.13. The van der Waals surface area contributed by atoms with Crippen LogP contribution in [0.15, 0.2) is 48.5 Å². The Kier molecular flexibility index (Phi) is 6.65. The van der Waals surface area contributed by atoms with Gasteiger partial charge in [0.2, 0.25) is 0 Å². The number of hydrogen-bond donors (Lipinski definition) is 3. The fourth-order valence-corrected chi connectivity index (χ4v) is 2.47. The fraction of sp³-hybridized carbons (Fsp3) is 0.222. The monoisotopic (exact) mass is 361 g/mol. The van der Waals surface area contributed by atoms with Crippen LogP contribution in [0.2, 0.25) is 5.02 Å². The van der Waals surface area contributed by atoms with Gasteiger partial charge in [-0.05, 0) is 48.4 Å². The summed E-state index contributed by atoms with van der Waals surface area (Å²) in [5.41, 5.74) is 2.12. The van der Waals surface area contributed by atoms with E-state index >= 15 is 0 Å². The minimum atomic E-state index is -0.550. The average Bonchev–Trinajstić information content (AvgIpc) is 2.61. The van der Waals surface area contributed by atoms with Crippen LogP contribution in [0.5, 0.6) is 0 Å². The Morgan fingerprint density at radius 3 is 2.28 bits per heavy atom. The molecule has 6 nitrogen and oxygen atoms in total. The number of anilines is 2. The van der Waals surface area contributed by atoms with Crippen molar-refractivity contribution in [2.45, 2.75) is 19.4 Å². The van der Waals surface area contributed by atoms with Crippen molar-refractivity contribution in [1.82, 2.24) is 5.32 Å². The molecule has 7 heteroatoms. The predicted molar refractivity (Wildman–Crippen MR) is 99.1 cm³/mol. The number of hydrogen-bond acceptors (Lipinski definition) is 3. The molecule has 25 heavy (non-hydrogen) atoms. The van der Waals surface area contributed by atoms with Gasteiger partial charge < -0.3 is 15.4 Å². The predicted octanol–water partition coefficient (Wildman–Crippen LogP) is 4.79. The highest BCUT2D eigenvalue weighted by molar-refractivity contribution is 6.30. The molecule has 0 aliphatic heterocycles. The lowest BCUT2D eigenvalue weighted by Crippen LogP contribution is -2.32. The maximum absolute atomic E-state index is 12.2. The van der Waals surface area contributed by atoms with Crippen LogP contribution in [-0.2, 0) is 4.74 Å². The summed E-state index contributed by atoms with van der Waals surface area (Å²) in [5, 5.41) is 8.84. The molecule has 2 aromatic rings. The number of amides is 3. The first-order chi connectivity index (χ1) is 12.0. The second-order valence-electron chi connectivity index (χ2n) is 5.31. The Morgan fingerprint density at radius 1 is 1.08 bits per heavy atom. The standard InChI is InChI=1S/C18H20ClN3O3/c1-3-16(12-5-4-6-13(19)11-12)22-17(23)20-14-7-9-15(10-8-14)21-18(24)25-2/h4-11,16H,3H2,1-2H3,(H,21,24)(H2,20,22,23). The molecule has 132 valence electrons. The van der Waals surface area contributed by atoms with Gasteiger partial charge in [0.15, 0.2) is 0 Å².